The topological polar surface area (TPSA) is 74.6 Å². The number of sulfonamides is 1. The fourth-order valence-electron chi connectivity index (χ4n) is 7.39. The van der Waals surface area contributed by atoms with Crippen molar-refractivity contribution in [2.24, 2.45) is 7.05 Å². The van der Waals surface area contributed by atoms with Gasteiger partial charge in [-0.25, -0.2) is 12.8 Å². The second-order valence-corrected chi connectivity index (χ2v) is 15.8. The molecule has 46 heavy (non-hydrogen) atoms. The summed E-state index contributed by atoms with van der Waals surface area (Å²) in [6, 6.07) is 5.96. The number of likely N-dealkylation sites (tertiary alicyclic amines) is 1. The molecule has 3 aliphatic carbocycles. The summed E-state index contributed by atoms with van der Waals surface area (Å²) in [5, 5.41) is 4.39. The van der Waals surface area contributed by atoms with E-state index in [9.17, 15) is 17.6 Å². The van der Waals surface area contributed by atoms with Crippen molar-refractivity contribution in [2.75, 3.05) is 37.7 Å². The molecule has 1 N–H and O–H groups in total. The van der Waals surface area contributed by atoms with Crippen molar-refractivity contribution in [3.05, 3.63) is 87.1 Å². The molecule has 244 valence electrons. The number of benzene rings is 1. The summed E-state index contributed by atoms with van der Waals surface area (Å²) in [5.41, 5.74) is 8.14. The Labute approximate surface area is 274 Å². The van der Waals surface area contributed by atoms with Crippen LogP contribution in [0.4, 0.5) is 10.1 Å². The first kappa shape index (κ1) is 32.5. The summed E-state index contributed by atoms with van der Waals surface area (Å²) >= 11 is 0. The lowest BCUT2D eigenvalue weighted by atomic mass is 9.86. The van der Waals surface area contributed by atoms with Crippen molar-refractivity contribution >= 4 is 54.0 Å². The number of hydrogen-bond donors (Lipinski definition) is 1. The third kappa shape index (κ3) is 5.93. The number of piperidine rings is 1. The lowest BCUT2D eigenvalue weighted by molar-refractivity contribution is -0.115. The first-order valence-corrected chi connectivity index (χ1v) is 18.6. The summed E-state index contributed by atoms with van der Waals surface area (Å²) in [7, 11) is 4.52. The molecule has 3 unspecified atom stereocenters. The summed E-state index contributed by atoms with van der Waals surface area (Å²) < 4.78 is 44.0. The number of hydrogen-bond acceptors (Lipinski definition) is 4. The van der Waals surface area contributed by atoms with Crippen LogP contribution >= 0.6 is 9.24 Å². The highest BCUT2D eigenvalue weighted by atomic mass is 32.2. The molecule has 1 amide bonds. The Bertz CT molecular complexity index is 1960. The van der Waals surface area contributed by atoms with Gasteiger partial charge in [-0.1, -0.05) is 30.9 Å². The number of rotatable bonds is 7. The van der Waals surface area contributed by atoms with Crippen molar-refractivity contribution in [1.29, 1.82) is 0 Å². The number of aromatic nitrogens is 1. The van der Waals surface area contributed by atoms with E-state index in [1.54, 1.807) is 14.1 Å². The van der Waals surface area contributed by atoms with Gasteiger partial charge in [0, 0.05) is 57.1 Å². The van der Waals surface area contributed by atoms with E-state index in [1.807, 2.05) is 23.7 Å². The number of nitrogens with zero attached hydrogens (tertiary/aromatic N) is 3. The van der Waals surface area contributed by atoms with Gasteiger partial charge in [0.15, 0.2) is 0 Å². The Morgan fingerprint density at radius 3 is 2.67 bits per heavy atom. The van der Waals surface area contributed by atoms with E-state index in [0.29, 0.717) is 47.9 Å². The lowest BCUT2D eigenvalue weighted by Gasteiger charge is -2.37. The average Bonchev–Trinajstić information content (AvgIpc) is 3.49. The molecule has 0 saturated carbocycles. The van der Waals surface area contributed by atoms with Crippen molar-refractivity contribution in [2.45, 2.75) is 56.5 Å². The molecule has 10 heteroatoms. The zero-order valence-corrected chi connectivity index (χ0v) is 29.2. The summed E-state index contributed by atoms with van der Waals surface area (Å²) in [6.45, 7) is 5.89. The number of anilines is 1. The highest BCUT2D eigenvalue weighted by molar-refractivity contribution is 7.92. The van der Waals surface area contributed by atoms with Gasteiger partial charge in [-0.2, -0.15) is 0 Å². The zero-order valence-electron chi connectivity index (χ0n) is 27.2. The van der Waals surface area contributed by atoms with Gasteiger partial charge in [-0.3, -0.25) is 9.10 Å². The zero-order chi connectivity index (χ0) is 32.9. The maximum absolute atomic E-state index is 14.7. The van der Waals surface area contributed by atoms with Gasteiger partial charge in [-0.05, 0) is 90.2 Å². The van der Waals surface area contributed by atoms with Crippen LogP contribution in [0.2, 0.25) is 0 Å². The van der Waals surface area contributed by atoms with Crippen LogP contribution in [-0.4, -0.2) is 62.9 Å². The second kappa shape index (κ2) is 12.6. The molecule has 3 atom stereocenters. The van der Waals surface area contributed by atoms with Gasteiger partial charge in [0.05, 0.1) is 28.9 Å². The van der Waals surface area contributed by atoms with Crippen molar-refractivity contribution < 1.29 is 17.6 Å². The molecule has 7 nitrogen and oxygen atoms in total. The van der Waals surface area contributed by atoms with Gasteiger partial charge in [0.25, 0.3) is 5.91 Å². The standard InChI is InChI=1S/C36H44FN4O3PS/c1-22(33-20-30-31(37)12-7-13-32(30)39(33)3)41-16-8-10-24(21-41)27-19-29-25(18-34(27)40(4)46(5,43)44)17-28(35(29)36(42)38-2)23-9-6-11-26(45)15-14-23/h9,13-15,18-20,24,26H,1,6-8,10-12,16-17,21,45H2,2-5H3,(H,38,42). The minimum Gasteiger partial charge on any atom is -0.370 e. The molecule has 1 aromatic carbocycles. The predicted molar refractivity (Wildman–Crippen MR) is 190 cm³/mol. The summed E-state index contributed by atoms with van der Waals surface area (Å²) in [5.74, 6) is -0.236. The molecule has 1 aliphatic heterocycles. The Morgan fingerprint density at radius 2 is 1.96 bits per heavy atom. The molecule has 4 aliphatic rings. The van der Waals surface area contributed by atoms with Crippen LogP contribution in [0.3, 0.4) is 0 Å². The quantitative estimate of drug-likeness (QED) is 0.444. The molecule has 1 fully saturated rings. The molecule has 0 radical (unpaired) electrons. The number of amides is 1. The first-order valence-electron chi connectivity index (χ1n) is 16.1. The van der Waals surface area contributed by atoms with Crippen molar-refractivity contribution in [3.63, 3.8) is 0 Å². The molecule has 1 saturated heterocycles. The molecule has 6 rings (SSSR count). The SMILES string of the molecule is C=C(c1cc2c(n1C)=CCCC=2F)N1CCCC(c2cc3c(cc2N(C)S(C)(=O)=O)CC(C2=CCCC(P)C=C2)=C3C(=O)NC)C1. The van der Waals surface area contributed by atoms with Gasteiger partial charge in [0.1, 0.15) is 5.83 Å². The number of fused-ring (bicyclic) bond motifs is 2. The Hall–Kier alpha value is -3.42. The fraction of sp³-hybridized carbons (Fsp3) is 0.417. The van der Waals surface area contributed by atoms with Crippen LogP contribution in [0.15, 0.2) is 54.2 Å². The maximum atomic E-state index is 14.7. The molecular formula is C36H44FN4O3PS. The van der Waals surface area contributed by atoms with Gasteiger partial charge >= 0.3 is 0 Å². The van der Waals surface area contributed by atoms with E-state index in [1.165, 1.54) is 10.6 Å². The average molecular weight is 663 g/mol. The smallest absolute Gasteiger partial charge is 0.251 e. The minimum atomic E-state index is -3.56. The maximum Gasteiger partial charge on any atom is 0.251 e. The van der Waals surface area contributed by atoms with E-state index >= 15 is 0 Å². The fourth-order valence-corrected chi connectivity index (χ4v) is 8.21. The van der Waals surface area contributed by atoms with E-state index in [4.69, 9.17) is 0 Å². The van der Waals surface area contributed by atoms with Crippen LogP contribution in [0, 0.1) is 0 Å². The number of halogens is 1. The second-order valence-electron chi connectivity index (χ2n) is 12.9. The molecular weight excluding hydrogens is 618 g/mol. The van der Waals surface area contributed by atoms with Gasteiger partial charge in [0.2, 0.25) is 10.0 Å². The number of allylic oxidation sites excluding steroid dienone is 5. The van der Waals surface area contributed by atoms with E-state index < -0.39 is 10.0 Å². The molecule has 2 aromatic rings. The highest BCUT2D eigenvalue weighted by Crippen LogP contribution is 2.44. The number of nitrogens with one attached hydrogen (secondary N) is 1. The van der Waals surface area contributed by atoms with Crippen molar-refractivity contribution in [1.82, 2.24) is 14.8 Å². The Morgan fingerprint density at radius 1 is 1.17 bits per heavy atom. The first-order chi connectivity index (χ1) is 21.9. The van der Waals surface area contributed by atoms with Crippen LogP contribution in [0.1, 0.15) is 66.8 Å². The lowest BCUT2D eigenvalue weighted by Crippen LogP contribution is -2.35. The third-order valence-electron chi connectivity index (χ3n) is 10.0. The monoisotopic (exact) mass is 662 g/mol. The van der Waals surface area contributed by atoms with E-state index in [0.717, 1.165) is 76.8 Å². The van der Waals surface area contributed by atoms with Crippen LogP contribution < -0.4 is 20.2 Å². The Balaban J connectivity index is 1.43. The number of carbonyl (C=O) groups excluding carboxylic acids is 1. The third-order valence-corrected chi connectivity index (χ3v) is 11.8. The highest BCUT2D eigenvalue weighted by Gasteiger charge is 2.34. The van der Waals surface area contributed by atoms with Crippen LogP contribution in [0.5, 0.6) is 0 Å². The molecule has 1 aromatic heterocycles. The summed E-state index contributed by atoms with van der Waals surface area (Å²) in [4.78, 5) is 15.7. The van der Waals surface area contributed by atoms with E-state index in [2.05, 4.69) is 56.4 Å². The normalized spacial score (nSPS) is 21.3. The summed E-state index contributed by atoms with van der Waals surface area (Å²) in [6.07, 6.45) is 15.2. The number of carbonyl (C=O) groups is 1. The van der Waals surface area contributed by atoms with Gasteiger partial charge < -0.3 is 14.8 Å². The minimum absolute atomic E-state index is 0.00962. The van der Waals surface area contributed by atoms with E-state index in [-0.39, 0.29) is 17.7 Å². The number of likely N-dealkylation sites (N-methyl/N-ethyl adjacent to an activating group) is 1. The van der Waals surface area contributed by atoms with Crippen LogP contribution in [0.25, 0.3) is 23.2 Å². The van der Waals surface area contributed by atoms with Crippen LogP contribution in [-0.2, 0) is 28.3 Å². The Kier molecular flexibility index (Phi) is 8.94. The van der Waals surface area contributed by atoms with Gasteiger partial charge in [-0.15, -0.1) is 9.24 Å². The predicted octanol–water partition coefficient (Wildman–Crippen LogP) is 4.50. The van der Waals surface area contributed by atoms with Crippen molar-refractivity contribution in [3.8, 4) is 0 Å². The molecule has 0 bridgehead atoms. The molecule has 0 spiro atoms. The molecule has 2 heterocycles. The largest absolute Gasteiger partial charge is 0.370 e.